The standard InChI is InChI=1S/C10H20N2O4/c11-5-3-1-2-4-6-12(7-9(13)14)8-10(15)16/h1-8,11H2,(H,13,14)(H,15,16). The van der Waals surface area contributed by atoms with Gasteiger partial charge in [0.2, 0.25) is 0 Å². The summed E-state index contributed by atoms with van der Waals surface area (Å²) in [6, 6.07) is 0. The predicted octanol–water partition coefficient (Wildman–Crippen LogP) is -0.0233. The van der Waals surface area contributed by atoms with Gasteiger partial charge in [0, 0.05) is 0 Å². The van der Waals surface area contributed by atoms with E-state index in [2.05, 4.69) is 0 Å². The highest BCUT2D eigenvalue weighted by atomic mass is 16.4. The Bertz CT molecular complexity index is 205. The highest BCUT2D eigenvalue weighted by Crippen LogP contribution is 2.01. The Hall–Kier alpha value is -1.14. The van der Waals surface area contributed by atoms with Crippen molar-refractivity contribution in [3.63, 3.8) is 0 Å². The number of hydrogen-bond donors (Lipinski definition) is 3. The van der Waals surface area contributed by atoms with Crippen LogP contribution >= 0.6 is 0 Å². The highest BCUT2D eigenvalue weighted by Gasteiger charge is 2.12. The van der Waals surface area contributed by atoms with Gasteiger partial charge in [-0.25, -0.2) is 0 Å². The van der Waals surface area contributed by atoms with E-state index in [1.54, 1.807) is 0 Å². The van der Waals surface area contributed by atoms with Crippen LogP contribution in [-0.4, -0.2) is 53.2 Å². The maximum atomic E-state index is 10.5. The van der Waals surface area contributed by atoms with Gasteiger partial charge in [-0.05, 0) is 25.9 Å². The van der Waals surface area contributed by atoms with Gasteiger partial charge in [0.25, 0.3) is 0 Å². The average molecular weight is 232 g/mol. The first-order chi connectivity index (χ1) is 7.56. The Morgan fingerprint density at radius 1 is 0.938 bits per heavy atom. The number of aliphatic carboxylic acids is 2. The molecule has 0 atom stereocenters. The molecule has 0 aliphatic carbocycles. The van der Waals surface area contributed by atoms with E-state index in [0.29, 0.717) is 13.1 Å². The van der Waals surface area contributed by atoms with Crippen molar-refractivity contribution in [3.8, 4) is 0 Å². The minimum Gasteiger partial charge on any atom is -0.480 e. The number of hydrogen-bond acceptors (Lipinski definition) is 4. The molecule has 0 amide bonds. The van der Waals surface area contributed by atoms with Gasteiger partial charge in [-0.1, -0.05) is 12.8 Å². The molecule has 0 rings (SSSR count). The maximum absolute atomic E-state index is 10.5. The first kappa shape index (κ1) is 14.9. The molecule has 0 unspecified atom stereocenters. The highest BCUT2D eigenvalue weighted by molar-refractivity contribution is 5.72. The van der Waals surface area contributed by atoms with Crippen molar-refractivity contribution < 1.29 is 19.8 Å². The third-order valence-electron chi connectivity index (χ3n) is 2.15. The van der Waals surface area contributed by atoms with Crippen LogP contribution in [0.4, 0.5) is 0 Å². The van der Waals surface area contributed by atoms with Crippen LogP contribution in [0.2, 0.25) is 0 Å². The molecule has 0 aliphatic heterocycles. The molecule has 0 aliphatic rings. The normalized spacial score (nSPS) is 10.6. The molecule has 0 fully saturated rings. The molecule has 0 spiro atoms. The number of nitrogens with zero attached hydrogens (tertiary/aromatic N) is 1. The summed E-state index contributed by atoms with van der Waals surface area (Å²) in [7, 11) is 0. The van der Waals surface area contributed by atoms with Crippen LogP contribution in [0, 0.1) is 0 Å². The van der Waals surface area contributed by atoms with Gasteiger partial charge < -0.3 is 15.9 Å². The number of carboxylic acids is 2. The summed E-state index contributed by atoms with van der Waals surface area (Å²) in [4.78, 5) is 22.4. The number of nitrogens with two attached hydrogens (primary N) is 1. The molecule has 4 N–H and O–H groups in total. The largest absolute Gasteiger partial charge is 0.480 e. The van der Waals surface area contributed by atoms with Crippen LogP contribution < -0.4 is 5.73 Å². The molecule has 0 saturated carbocycles. The zero-order chi connectivity index (χ0) is 12.4. The van der Waals surface area contributed by atoms with Crippen LogP contribution in [-0.2, 0) is 9.59 Å². The van der Waals surface area contributed by atoms with Gasteiger partial charge in [0.05, 0.1) is 13.1 Å². The summed E-state index contributed by atoms with van der Waals surface area (Å²) >= 11 is 0. The molecular formula is C10H20N2O4. The van der Waals surface area contributed by atoms with Crippen molar-refractivity contribution in [2.24, 2.45) is 5.73 Å². The summed E-state index contributed by atoms with van der Waals surface area (Å²) < 4.78 is 0. The predicted molar refractivity (Wildman–Crippen MR) is 59.2 cm³/mol. The van der Waals surface area contributed by atoms with E-state index in [1.807, 2.05) is 0 Å². The van der Waals surface area contributed by atoms with E-state index in [1.165, 1.54) is 4.90 Å². The summed E-state index contributed by atoms with van der Waals surface area (Å²) in [5.41, 5.74) is 5.34. The fraction of sp³-hybridized carbons (Fsp3) is 0.800. The fourth-order valence-corrected chi connectivity index (χ4v) is 1.43. The first-order valence-corrected chi connectivity index (χ1v) is 5.42. The summed E-state index contributed by atoms with van der Waals surface area (Å²) in [5, 5.41) is 17.2. The molecule has 16 heavy (non-hydrogen) atoms. The topological polar surface area (TPSA) is 104 Å². The van der Waals surface area contributed by atoms with E-state index in [4.69, 9.17) is 15.9 Å². The van der Waals surface area contributed by atoms with Crippen LogP contribution in [0.15, 0.2) is 0 Å². The van der Waals surface area contributed by atoms with Crippen molar-refractivity contribution in [1.82, 2.24) is 4.90 Å². The second kappa shape index (κ2) is 9.11. The lowest BCUT2D eigenvalue weighted by molar-refractivity contribution is -0.141. The SMILES string of the molecule is NCCCCCCN(CC(=O)O)CC(=O)O. The smallest absolute Gasteiger partial charge is 0.317 e. The van der Waals surface area contributed by atoms with E-state index >= 15 is 0 Å². The van der Waals surface area contributed by atoms with Gasteiger partial charge in [-0.15, -0.1) is 0 Å². The molecule has 0 bridgehead atoms. The molecule has 6 heteroatoms. The molecule has 0 aromatic heterocycles. The summed E-state index contributed by atoms with van der Waals surface area (Å²) in [6.45, 7) is 0.726. The summed E-state index contributed by atoms with van der Waals surface area (Å²) in [6.07, 6.45) is 3.72. The van der Waals surface area contributed by atoms with Crippen molar-refractivity contribution in [2.75, 3.05) is 26.2 Å². The number of rotatable bonds is 10. The molecule has 0 aromatic rings. The quantitative estimate of drug-likeness (QED) is 0.457. The van der Waals surface area contributed by atoms with Gasteiger partial charge >= 0.3 is 11.9 Å². The molecule has 0 heterocycles. The van der Waals surface area contributed by atoms with Crippen LogP contribution in [0.1, 0.15) is 25.7 Å². The lowest BCUT2D eigenvalue weighted by Gasteiger charge is -2.17. The Morgan fingerprint density at radius 3 is 1.88 bits per heavy atom. The second-order valence-corrected chi connectivity index (χ2v) is 3.70. The van der Waals surface area contributed by atoms with Gasteiger partial charge in [-0.3, -0.25) is 14.5 Å². The zero-order valence-corrected chi connectivity index (χ0v) is 9.39. The third kappa shape index (κ3) is 9.42. The van der Waals surface area contributed by atoms with E-state index in [-0.39, 0.29) is 13.1 Å². The molecule has 6 nitrogen and oxygen atoms in total. The Kier molecular flexibility index (Phi) is 8.46. The second-order valence-electron chi connectivity index (χ2n) is 3.70. The van der Waals surface area contributed by atoms with Crippen molar-refractivity contribution in [3.05, 3.63) is 0 Å². The fourth-order valence-electron chi connectivity index (χ4n) is 1.43. The molecule has 0 saturated heterocycles. The van der Waals surface area contributed by atoms with Crippen LogP contribution in [0.3, 0.4) is 0 Å². The minimum atomic E-state index is -0.997. The van der Waals surface area contributed by atoms with Crippen molar-refractivity contribution >= 4 is 11.9 Å². The van der Waals surface area contributed by atoms with Crippen LogP contribution in [0.25, 0.3) is 0 Å². The van der Waals surface area contributed by atoms with Crippen molar-refractivity contribution in [1.29, 1.82) is 0 Å². The number of carbonyl (C=O) groups is 2. The number of unbranched alkanes of at least 4 members (excludes halogenated alkanes) is 3. The number of carboxylic acid groups (broad SMARTS) is 2. The lowest BCUT2D eigenvalue weighted by atomic mass is 10.2. The van der Waals surface area contributed by atoms with Gasteiger partial charge in [0.15, 0.2) is 0 Å². The van der Waals surface area contributed by atoms with Gasteiger partial charge in [-0.2, -0.15) is 0 Å². The van der Waals surface area contributed by atoms with E-state index < -0.39 is 11.9 Å². The summed E-state index contributed by atoms with van der Waals surface area (Å²) in [5.74, 6) is -1.99. The molecule has 0 aromatic carbocycles. The van der Waals surface area contributed by atoms with E-state index in [0.717, 1.165) is 25.7 Å². The van der Waals surface area contributed by atoms with E-state index in [9.17, 15) is 9.59 Å². The maximum Gasteiger partial charge on any atom is 0.317 e. The Balaban J connectivity index is 3.73. The molecule has 94 valence electrons. The average Bonchev–Trinajstić information content (AvgIpc) is 2.15. The Morgan fingerprint density at radius 2 is 1.44 bits per heavy atom. The third-order valence-corrected chi connectivity index (χ3v) is 2.15. The first-order valence-electron chi connectivity index (χ1n) is 5.42. The lowest BCUT2D eigenvalue weighted by Crippen LogP contribution is -2.35. The monoisotopic (exact) mass is 232 g/mol. The van der Waals surface area contributed by atoms with Crippen molar-refractivity contribution in [2.45, 2.75) is 25.7 Å². The zero-order valence-electron chi connectivity index (χ0n) is 9.39. The molecule has 0 radical (unpaired) electrons. The Labute approximate surface area is 95.0 Å². The minimum absolute atomic E-state index is 0.219. The molecular weight excluding hydrogens is 212 g/mol. The van der Waals surface area contributed by atoms with Crippen LogP contribution in [0.5, 0.6) is 0 Å². The van der Waals surface area contributed by atoms with Gasteiger partial charge in [0.1, 0.15) is 0 Å².